The number of hydrogen-bond donors (Lipinski definition) is 3. The molecule has 0 fully saturated rings. The predicted octanol–water partition coefficient (Wildman–Crippen LogP) is 1.96. The Morgan fingerprint density at radius 1 is 1.20 bits per heavy atom. The number of nitrogens with one attached hydrogen (secondary N) is 1. The Balaban J connectivity index is 1.83. The Morgan fingerprint density at radius 3 is 2.56 bits per heavy atom. The summed E-state index contributed by atoms with van der Waals surface area (Å²) in [5.41, 5.74) is 0.749. The topological polar surface area (TPSA) is 95.9 Å². The van der Waals surface area contributed by atoms with Crippen LogP contribution in [0.1, 0.15) is 27.6 Å². The second kappa shape index (κ2) is 8.91. The maximum atomic E-state index is 13.8. The van der Waals surface area contributed by atoms with Gasteiger partial charge in [0.2, 0.25) is 0 Å². The summed E-state index contributed by atoms with van der Waals surface area (Å²) in [7, 11) is 0. The number of carbonyl (C=O) groups is 2. The first-order valence-corrected chi connectivity index (χ1v) is 7.56. The summed E-state index contributed by atoms with van der Waals surface area (Å²) in [4.78, 5) is 22.2. The lowest BCUT2D eigenvalue weighted by Crippen LogP contribution is -2.36. The van der Waals surface area contributed by atoms with Gasteiger partial charge in [-0.2, -0.15) is 0 Å². The Kier molecular flexibility index (Phi) is 6.62. The quantitative estimate of drug-likeness (QED) is 0.666. The Bertz CT molecular complexity index is 723. The summed E-state index contributed by atoms with van der Waals surface area (Å²) >= 11 is 0. The molecule has 0 saturated carbocycles. The van der Waals surface area contributed by atoms with E-state index in [0.29, 0.717) is 6.29 Å². The molecule has 25 heavy (non-hydrogen) atoms. The molecule has 0 aliphatic heterocycles. The Hall–Kier alpha value is -2.77. The van der Waals surface area contributed by atoms with E-state index in [0.717, 1.165) is 11.6 Å². The van der Waals surface area contributed by atoms with Crippen molar-refractivity contribution in [1.29, 1.82) is 0 Å². The summed E-state index contributed by atoms with van der Waals surface area (Å²) in [6.07, 6.45) is -3.30. The van der Waals surface area contributed by atoms with Crippen molar-refractivity contribution in [2.75, 3.05) is 6.54 Å². The van der Waals surface area contributed by atoms with Crippen molar-refractivity contribution in [3.63, 3.8) is 0 Å². The summed E-state index contributed by atoms with van der Waals surface area (Å²) in [5, 5.41) is 22.2. The van der Waals surface area contributed by atoms with Crippen LogP contribution in [0.3, 0.4) is 0 Å². The van der Waals surface area contributed by atoms with Gasteiger partial charge in [-0.1, -0.05) is 42.5 Å². The van der Waals surface area contributed by atoms with E-state index >= 15 is 0 Å². The van der Waals surface area contributed by atoms with E-state index in [1.54, 1.807) is 24.3 Å². The van der Waals surface area contributed by atoms with Crippen LogP contribution in [0.4, 0.5) is 9.18 Å². The van der Waals surface area contributed by atoms with Gasteiger partial charge in [0, 0.05) is 17.7 Å². The van der Waals surface area contributed by atoms with Gasteiger partial charge in [0.05, 0.1) is 0 Å². The lowest BCUT2D eigenvalue weighted by atomic mass is 10.0. The zero-order valence-corrected chi connectivity index (χ0v) is 13.3. The molecule has 0 bridgehead atoms. The summed E-state index contributed by atoms with van der Waals surface area (Å²) in [5.74, 6) is -0.817. The first-order valence-electron chi connectivity index (χ1n) is 7.56. The second-order valence-corrected chi connectivity index (χ2v) is 5.35. The molecule has 1 amide bonds. The molecule has 0 aliphatic rings. The summed E-state index contributed by atoms with van der Waals surface area (Å²) in [6, 6.07) is 12.5. The number of hydrogen-bond acceptors (Lipinski definition) is 5. The molecule has 2 aromatic rings. The highest BCUT2D eigenvalue weighted by atomic mass is 19.1. The number of aliphatic hydroxyl groups excluding tert-OH is 2. The average Bonchev–Trinajstić information content (AvgIpc) is 2.64. The number of aliphatic hydroxyl groups is 2. The number of carbonyl (C=O) groups excluding carboxylic acids is 2. The van der Waals surface area contributed by atoms with Crippen LogP contribution in [0.5, 0.6) is 0 Å². The molecule has 0 heterocycles. The van der Waals surface area contributed by atoms with Gasteiger partial charge in [0.25, 0.3) is 0 Å². The zero-order chi connectivity index (χ0) is 18.2. The van der Waals surface area contributed by atoms with Gasteiger partial charge in [-0.15, -0.1) is 0 Å². The van der Waals surface area contributed by atoms with Gasteiger partial charge in [0.1, 0.15) is 30.9 Å². The van der Waals surface area contributed by atoms with Crippen LogP contribution in [0.2, 0.25) is 0 Å². The number of amides is 1. The van der Waals surface area contributed by atoms with Crippen molar-refractivity contribution in [2.24, 2.45) is 0 Å². The minimum Gasteiger partial charge on any atom is -0.445 e. The zero-order valence-electron chi connectivity index (χ0n) is 13.3. The SMILES string of the molecule is O=Cc1ccc(C(O)C(O)CNC(=O)OCc2ccccc2)c(F)c1. The summed E-state index contributed by atoms with van der Waals surface area (Å²) in [6.45, 7) is -0.267. The smallest absolute Gasteiger partial charge is 0.407 e. The molecule has 0 aliphatic carbocycles. The third-order valence-electron chi connectivity index (χ3n) is 3.51. The van der Waals surface area contributed by atoms with Gasteiger partial charge in [-0.3, -0.25) is 4.79 Å². The van der Waals surface area contributed by atoms with Crippen molar-refractivity contribution in [2.45, 2.75) is 18.8 Å². The maximum Gasteiger partial charge on any atom is 0.407 e. The lowest BCUT2D eigenvalue weighted by molar-refractivity contribution is 0.0164. The van der Waals surface area contributed by atoms with Gasteiger partial charge in [0.15, 0.2) is 0 Å². The molecule has 7 heteroatoms. The van der Waals surface area contributed by atoms with E-state index in [2.05, 4.69) is 5.32 Å². The van der Waals surface area contributed by atoms with Crippen LogP contribution in [-0.2, 0) is 11.3 Å². The molecule has 0 radical (unpaired) electrons. The highest BCUT2D eigenvalue weighted by Crippen LogP contribution is 2.21. The number of aldehydes is 1. The summed E-state index contributed by atoms with van der Waals surface area (Å²) < 4.78 is 18.8. The first kappa shape index (κ1) is 18.6. The van der Waals surface area contributed by atoms with Crippen LogP contribution in [0.25, 0.3) is 0 Å². The van der Waals surface area contributed by atoms with Crippen LogP contribution >= 0.6 is 0 Å². The fraction of sp³-hybridized carbons (Fsp3) is 0.222. The highest BCUT2D eigenvalue weighted by molar-refractivity contribution is 5.74. The molecular formula is C18H18FNO5. The molecule has 2 atom stereocenters. The van der Waals surface area contributed by atoms with E-state index in [4.69, 9.17) is 4.74 Å². The second-order valence-electron chi connectivity index (χ2n) is 5.35. The number of halogens is 1. The fourth-order valence-corrected chi connectivity index (χ4v) is 2.14. The van der Waals surface area contributed by atoms with E-state index in [1.807, 2.05) is 6.07 Å². The van der Waals surface area contributed by atoms with E-state index < -0.39 is 24.1 Å². The van der Waals surface area contributed by atoms with Gasteiger partial charge in [-0.25, -0.2) is 9.18 Å². The minimum absolute atomic E-state index is 0.0626. The molecule has 132 valence electrons. The predicted molar refractivity (Wildman–Crippen MR) is 87.4 cm³/mol. The molecular weight excluding hydrogens is 329 g/mol. The number of alkyl carbamates (subject to hydrolysis) is 1. The standard InChI is InChI=1S/C18H18FNO5/c19-15-8-13(10-21)6-7-14(15)17(23)16(22)9-20-18(24)25-11-12-4-2-1-3-5-12/h1-8,10,16-17,22-23H,9,11H2,(H,20,24). The van der Waals surface area contributed by atoms with E-state index in [-0.39, 0.29) is 24.3 Å². The van der Waals surface area contributed by atoms with Crippen LogP contribution in [-0.4, -0.2) is 35.2 Å². The molecule has 2 aromatic carbocycles. The van der Waals surface area contributed by atoms with Crippen molar-refractivity contribution >= 4 is 12.4 Å². The Labute approximate surface area is 143 Å². The van der Waals surface area contributed by atoms with Gasteiger partial charge < -0.3 is 20.3 Å². The van der Waals surface area contributed by atoms with Crippen molar-refractivity contribution in [3.8, 4) is 0 Å². The molecule has 0 aromatic heterocycles. The molecule has 0 saturated heterocycles. The van der Waals surface area contributed by atoms with Crippen molar-refractivity contribution in [3.05, 3.63) is 71.0 Å². The van der Waals surface area contributed by atoms with Crippen molar-refractivity contribution < 1.29 is 28.9 Å². The first-order chi connectivity index (χ1) is 12.0. The van der Waals surface area contributed by atoms with Crippen molar-refractivity contribution in [1.82, 2.24) is 5.32 Å². The Morgan fingerprint density at radius 2 is 1.92 bits per heavy atom. The molecule has 6 nitrogen and oxygen atoms in total. The number of ether oxygens (including phenoxy) is 1. The van der Waals surface area contributed by atoms with E-state index in [9.17, 15) is 24.2 Å². The minimum atomic E-state index is -1.56. The normalized spacial score (nSPS) is 12.9. The lowest BCUT2D eigenvalue weighted by Gasteiger charge is -2.19. The average molecular weight is 347 g/mol. The molecule has 2 unspecified atom stereocenters. The molecule has 0 spiro atoms. The monoisotopic (exact) mass is 347 g/mol. The number of rotatable bonds is 7. The third kappa shape index (κ3) is 5.37. The molecule has 2 rings (SSSR count). The van der Waals surface area contributed by atoms with Crippen LogP contribution < -0.4 is 5.32 Å². The fourth-order valence-electron chi connectivity index (χ4n) is 2.14. The largest absolute Gasteiger partial charge is 0.445 e. The third-order valence-corrected chi connectivity index (χ3v) is 3.51. The highest BCUT2D eigenvalue weighted by Gasteiger charge is 2.22. The maximum absolute atomic E-state index is 13.8. The molecule has 3 N–H and O–H groups in total. The van der Waals surface area contributed by atoms with E-state index in [1.165, 1.54) is 12.1 Å². The van der Waals surface area contributed by atoms with Crippen LogP contribution in [0.15, 0.2) is 48.5 Å². The van der Waals surface area contributed by atoms with Gasteiger partial charge >= 0.3 is 6.09 Å². The van der Waals surface area contributed by atoms with Gasteiger partial charge in [-0.05, 0) is 11.6 Å². The number of benzene rings is 2. The van der Waals surface area contributed by atoms with Crippen LogP contribution in [0, 0.1) is 5.82 Å².